The van der Waals surface area contributed by atoms with E-state index in [4.69, 9.17) is 4.74 Å². The molecule has 106 valence electrons. The average molecular weight is 332 g/mol. The van der Waals surface area contributed by atoms with Gasteiger partial charge >= 0.3 is 0 Å². The monoisotopic (exact) mass is 331 g/mol. The summed E-state index contributed by atoms with van der Waals surface area (Å²) in [5, 5.41) is 10.3. The zero-order valence-electron chi connectivity index (χ0n) is 11.0. The SMILES string of the molecule is CCN1CCOC(C(O)Cc2cc(F)ccc2Br)C1. The number of aliphatic hydroxyl groups excluding tert-OH is 1. The lowest BCUT2D eigenvalue weighted by atomic mass is 10.0. The molecule has 0 saturated carbocycles. The largest absolute Gasteiger partial charge is 0.390 e. The Kier molecular flexibility index (Phi) is 5.33. The Morgan fingerprint density at radius 3 is 3.11 bits per heavy atom. The maximum absolute atomic E-state index is 13.2. The van der Waals surface area contributed by atoms with Gasteiger partial charge in [-0.15, -0.1) is 0 Å². The molecule has 0 amide bonds. The van der Waals surface area contributed by atoms with Gasteiger partial charge in [0, 0.05) is 24.0 Å². The fourth-order valence-electron chi connectivity index (χ4n) is 2.31. The molecule has 1 saturated heterocycles. The second kappa shape index (κ2) is 6.79. The van der Waals surface area contributed by atoms with Crippen LogP contribution in [0.5, 0.6) is 0 Å². The molecule has 0 radical (unpaired) electrons. The molecular weight excluding hydrogens is 313 g/mol. The summed E-state index contributed by atoms with van der Waals surface area (Å²) in [6.07, 6.45) is -0.433. The number of hydrogen-bond acceptors (Lipinski definition) is 3. The van der Waals surface area contributed by atoms with Crippen molar-refractivity contribution in [1.29, 1.82) is 0 Å². The van der Waals surface area contributed by atoms with Crippen LogP contribution < -0.4 is 0 Å². The van der Waals surface area contributed by atoms with Crippen molar-refractivity contribution in [3.05, 3.63) is 34.1 Å². The third-order valence-electron chi connectivity index (χ3n) is 3.49. The Balaban J connectivity index is 2.00. The summed E-state index contributed by atoms with van der Waals surface area (Å²) in [7, 11) is 0. The summed E-state index contributed by atoms with van der Waals surface area (Å²) in [5.74, 6) is -0.287. The Labute approximate surface area is 121 Å². The van der Waals surface area contributed by atoms with E-state index in [1.54, 1.807) is 6.07 Å². The fraction of sp³-hybridized carbons (Fsp3) is 0.571. The maximum Gasteiger partial charge on any atom is 0.123 e. The zero-order valence-corrected chi connectivity index (χ0v) is 12.6. The smallest absolute Gasteiger partial charge is 0.123 e. The molecule has 1 aliphatic heterocycles. The topological polar surface area (TPSA) is 32.7 Å². The Hall–Kier alpha value is -0.490. The maximum atomic E-state index is 13.2. The summed E-state index contributed by atoms with van der Waals surface area (Å²) < 4.78 is 19.6. The zero-order chi connectivity index (χ0) is 13.8. The van der Waals surface area contributed by atoms with Crippen LogP contribution >= 0.6 is 15.9 Å². The predicted octanol–water partition coefficient (Wildman–Crippen LogP) is 2.21. The Morgan fingerprint density at radius 1 is 1.58 bits per heavy atom. The van der Waals surface area contributed by atoms with Crippen LogP contribution in [0.4, 0.5) is 4.39 Å². The van der Waals surface area contributed by atoms with Crippen LogP contribution in [0.25, 0.3) is 0 Å². The standard InChI is InChI=1S/C14H19BrFNO2/c1-2-17-5-6-19-14(9-17)13(18)8-10-7-11(16)3-4-12(10)15/h3-4,7,13-14,18H,2,5-6,8-9H2,1H3. The van der Waals surface area contributed by atoms with Gasteiger partial charge in [0.25, 0.3) is 0 Å². The van der Waals surface area contributed by atoms with E-state index < -0.39 is 6.10 Å². The fourth-order valence-corrected chi connectivity index (χ4v) is 2.72. The Bertz CT molecular complexity index is 430. The van der Waals surface area contributed by atoms with E-state index in [9.17, 15) is 9.50 Å². The minimum atomic E-state index is -0.618. The van der Waals surface area contributed by atoms with Gasteiger partial charge < -0.3 is 9.84 Å². The quantitative estimate of drug-likeness (QED) is 0.918. The molecule has 0 aliphatic carbocycles. The number of ether oxygens (including phenoxy) is 1. The highest BCUT2D eigenvalue weighted by atomic mass is 79.9. The molecular formula is C14H19BrFNO2. The predicted molar refractivity (Wildman–Crippen MR) is 75.7 cm³/mol. The van der Waals surface area contributed by atoms with Crippen LogP contribution in [0.2, 0.25) is 0 Å². The minimum absolute atomic E-state index is 0.205. The molecule has 0 bridgehead atoms. The van der Waals surface area contributed by atoms with Gasteiger partial charge in [0.05, 0.1) is 18.8 Å². The summed E-state index contributed by atoms with van der Waals surface area (Å²) in [4.78, 5) is 2.25. The van der Waals surface area contributed by atoms with Crippen molar-refractivity contribution in [1.82, 2.24) is 4.90 Å². The average Bonchev–Trinajstić information content (AvgIpc) is 2.43. The summed E-state index contributed by atoms with van der Waals surface area (Å²) in [6, 6.07) is 4.51. The van der Waals surface area contributed by atoms with Gasteiger partial charge in [-0.25, -0.2) is 4.39 Å². The lowest BCUT2D eigenvalue weighted by Crippen LogP contribution is -2.48. The van der Waals surface area contributed by atoms with Crippen molar-refractivity contribution in [2.75, 3.05) is 26.2 Å². The lowest BCUT2D eigenvalue weighted by molar-refractivity contribution is -0.0868. The Morgan fingerprint density at radius 2 is 2.37 bits per heavy atom. The van der Waals surface area contributed by atoms with E-state index in [2.05, 4.69) is 27.8 Å². The van der Waals surface area contributed by atoms with Crippen LogP contribution in [-0.2, 0) is 11.2 Å². The molecule has 1 aromatic rings. The number of halogens is 2. The summed E-state index contributed by atoms with van der Waals surface area (Å²) in [6.45, 7) is 5.32. The van der Waals surface area contributed by atoms with Crippen LogP contribution in [0, 0.1) is 5.82 Å². The highest BCUT2D eigenvalue weighted by Gasteiger charge is 2.26. The molecule has 1 N–H and O–H groups in total. The highest BCUT2D eigenvalue weighted by molar-refractivity contribution is 9.10. The van der Waals surface area contributed by atoms with Crippen LogP contribution in [0.15, 0.2) is 22.7 Å². The van der Waals surface area contributed by atoms with Crippen LogP contribution in [0.3, 0.4) is 0 Å². The highest BCUT2D eigenvalue weighted by Crippen LogP contribution is 2.21. The molecule has 1 aromatic carbocycles. The van der Waals surface area contributed by atoms with Gasteiger partial charge in [0.2, 0.25) is 0 Å². The third-order valence-corrected chi connectivity index (χ3v) is 4.26. The molecule has 5 heteroatoms. The first kappa shape index (κ1) is 14.9. The van der Waals surface area contributed by atoms with Crippen molar-refractivity contribution >= 4 is 15.9 Å². The van der Waals surface area contributed by atoms with E-state index in [0.717, 1.165) is 29.7 Å². The van der Waals surface area contributed by atoms with Gasteiger partial charge in [0.15, 0.2) is 0 Å². The summed E-state index contributed by atoms with van der Waals surface area (Å²) >= 11 is 3.38. The second-order valence-corrected chi connectivity index (χ2v) is 5.66. The van der Waals surface area contributed by atoms with E-state index in [1.165, 1.54) is 12.1 Å². The molecule has 2 rings (SSSR count). The van der Waals surface area contributed by atoms with Crippen LogP contribution in [-0.4, -0.2) is 48.5 Å². The minimum Gasteiger partial charge on any atom is -0.390 e. The van der Waals surface area contributed by atoms with Gasteiger partial charge in [0.1, 0.15) is 5.82 Å². The van der Waals surface area contributed by atoms with Crippen LogP contribution in [0.1, 0.15) is 12.5 Å². The molecule has 1 aliphatic rings. The molecule has 19 heavy (non-hydrogen) atoms. The number of hydrogen-bond donors (Lipinski definition) is 1. The lowest BCUT2D eigenvalue weighted by Gasteiger charge is -2.34. The first-order chi connectivity index (χ1) is 9.10. The third kappa shape index (κ3) is 3.99. The van der Waals surface area contributed by atoms with Crippen molar-refractivity contribution in [3.8, 4) is 0 Å². The van der Waals surface area contributed by atoms with Crippen molar-refractivity contribution in [2.24, 2.45) is 0 Å². The van der Waals surface area contributed by atoms with Gasteiger partial charge in [-0.05, 0) is 30.3 Å². The van der Waals surface area contributed by atoms with E-state index in [-0.39, 0.29) is 11.9 Å². The molecule has 0 aromatic heterocycles. The van der Waals surface area contributed by atoms with Gasteiger partial charge in [-0.2, -0.15) is 0 Å². The second-order valence-electron chi connectivity index (χ2n) is 4.81. The van der Waals surface area contributed by atoms with E-state index in [1.807, 2.05) is 0 Å². The molecule has 2 atom stereocenters. The number of benzene rings is 1. The van der Waals surface area contributed by atoms with Crippen molar-refractivity contribution in [2.45, 2.75) is 25.6 Å². The van der Waals surface area contributed by atoms with Gasteiger partial charge in [-0.3, -0.25) is 4.90 Å². The molecule has 1 fully saturated rings. The van der Waals surface area contributed by atoms with Gasteiger partial charge in [-0.1, -0.05) is 22.9 Å². The normalized spacial score (nSPS) is 22.4. The number of morpholine rings is 1. The number of nitrogens with zero attached hydrogens (tertiary/aromatic N) is 1. The van der Waals surface area contributed by atoms with E-state index in [0.29, 0.717) is 13.0 Å². The van der Waals surface area contributed by atoms with Crippen molar-refractivity contribution < 1.29 is 14.2 Å². The first-order valence-electron chi connectivity index (χ1n) is 6.56. The number of likely N-dealkylation sites (N-methyl/N-ethyl adjacent to an activating group) is 1. The molecule has 2 unspecified atom stereocenters. The molecule has 1 heterocycles. The van der Waals surface area contributed by atoms with E-state index >= 15 is 0 Å². The first-order valence-corrected chi connectivity index (χ1v) is 7.35. The molecule has 0 spiro atoms. The molecule has 3 nitrogen and oxygen atoms in total. The number of rotatable bonds is 4. The summed E-state index contributed by atoms with van der Waals surface area (Å²) in [5.41, 5.74) is 0.768. The number of aliphatic hydroxyl groups is 1. The van der Waals surface area contributed by atoms with Crippen molar-refractivity contribution in [3.63, 3.8) is 0 Å².